The lowest BCUT2D eigenvalue weighted by atomic mass is 10.2. The molecule has 3 rings (SSSR count). The van der Waals surface area contributed by atoms with Crippen LogP contribution in [0.1, 0.15) is 5.56 Å². The Morgan fingerprint density at radius 1 is 1.50 bits per heavy atom. The number of morpholine rings is 1. The van der Waals surface area contributed by atoms with Gasteiger partial charge in [-0.2, -0.15) is 0 Å². The molecular weight excluding hydrogens is 296 g/mol. The van der Waals surface area contributed by atoms with Gasteiger partial charge >= 0.3 is 0 Å². The summed E-state index contributed by atoms with van der Waals surface area (Å²) in [6.07, 6.45) is 0.578. The quantitative estimate of drug-likeness (QED) is 0.851. The molecule has 1 aromatic rings. The summed E-state index contributed by atoms with van der Waals surface area (Å²) >= 11 is 3.46. The summed E-state index contributed by atoms with van der Waals surface area (Å²) in [5.41, 5.74) is 2.25. The van der Waals surface area contributed by atoms with Crippen molar-refractivity contribution in [3.8, 4) is 0 Å². The van der Waals surface area contributed by atoms with E-state index in [4.69, 9.17) is 4.74 Å². The molecule has 0 bridgehead atoms. The molecule has 2 heterocycles. The Morgan fingerprint density at radius 3 is 3.17 bits per heavy atom. The molecule has 2 aliphatic rings. The first kappa shape index (κ1) is 12.1. The third kappa shape index (κ3) is 2.18. The van der Waals surface area contributed by atoms with Crippen molar-refractivity contribution in [1.82, 2.24) is 5.32 Å². The van der Waals surface area contributed by atoms with Gasteiger partial charge in [0, 0.05) is 29.8 Å². The van der Waals surface area contributed by atoms with Crippen LogP contribution in [0.3, 0.4) is 0 Å². The second-order valence-electron chi connectivity index (χ2n) is 4.58. The van der Waals surface area contributed by atoms with Gasteiger partial charge in [-0.05, 0) is 30.2 Å². The molecule has 0 saturated carbocycles. The predicted octanol–water partition coefficient (Wildman–Crippen LogP) is 1.33. The number of rotatable bonds is 1. The highest BCUT2D eigenvalue weighted by atomic mass is 79.9. The minimum absolute atomic E-state index is 0.0725. The van der Waals surface area contributed by atoms with Crippen LogP contribution in [0.25, 0.3) is 0 Å². The lowest BCUT2D eigenvalue weighted by molar-refractivity contribution is -0.131. The highest BCUT2D eigenvalue weighted by molar-refractivity contribution is 9.10. The number of carbonyl (C=O) groups is 1. The van der Waals surface area contributed by atoms with E-state index in [0.29, 0.717) is 13.2 Å². The van der Waals surface area contributed by atoms with Crippen molar-refractivity contribution in [3.63, 3.8) is 0 Å². The zero-order chi connectivity index (χ0) is 12.5. The van der Waals surface area contributed by atoms with E-state index in [1.54, 1.807) is 0 Å². The first-order valence-electron chi connectivity index (χ1n) is 6.18. The molecule has 1 aromatic carbocycles. The third-order valence-corrected chi connectivity index (χ3v) is 3.90. The lowest BCUT2D eigenvalue weighted by Gasteiger charge is -2.27. The number of benzene rings is 1. The number of nitrogens with zero attached hydrogens (tertiary/aromatic N) is 1. The second kappa shape index (κ2) is 4.99. The molecule has 18 heavy (non-hydrogen) atoms. The van der Waals surface area contributed by atoms with E-state index in [0.717, 1.165) is 29.7 Å². The van der Waals surface area contributed by atoms with Gasteiger partial charge in [0.15, 0.2) is 0 Å². The summed E-state index contributed by atoms with van der Waals surface area (Å²) in [6.45, 7) is 2.80. The summed E-state index contributed by atoms with van der Waals surface area (Å²) in [5, 5.41) is 3.19. The molecule has 1 N–H and O–H groups in total. The van der Waals surface area contributed by atoms with E-state index in [2.05, 4.69) is 27.3 Å². The van der Waals surface area contributed by atoms with E-state index >= 15 is 0 Å². The van der Waals surface area contributed by atoms with E-state index < -0.39 is 0 Å². The number of carbonyl (C=O) groups excluding carboxylic acids is 1. The van der Waals surface area contributed by atoms with Crippen LogP contribution in [0.2, 0.25) is 0 Å². The van der Waals surface area contributed by atoms with E-state index in [1.807, 2.05) is 17.0 Å². The molecule has 1 saturated heterocycles. The number of nitrogens with one attached hydrogen (secondary N) is 1. The van der Waals surface area contributed by atoms with E-state index in [9.17, 15) is 4.79 Å². The van der Waals surface area contributed by atoms with Crippen LogP contribution in [-0.4, -0.2) is 38.3 Å². The van der Waals surface area contributed by atoms with Crippen LogP contribution in [0.15, 0.2) is 22.7 Å². The van der Waals surface area contributed by atoms with Gasteiger partial charge in [0.05, 0.1) is 6.61 Å². The molecule has 1 amide bonds. The van der Waals surface area contributed by atoms with Crippen molar-refractivity contribution in [2.24, 2.45) is 0 Å². The van der Waals surface area contributed by atoms with Gasteiger partial charge in [0.25, 0.3) is 5.91 Å². The number of hydrogen-bond acceptors (Lipinski definition) is 3. The molecular formula is C13H15BrN2O2. The molecule has 5 heteroatoms. The van der Waals surface area contributed by atoms with Gasteiger partial charge in [0.1, 0.15) is 6.10 Å². The van der Waals surface area contributed by atoms with Gasteiger partial charge in [-0.25, -0.2) is 0 Å². The van der Waals surface area contributed by atoms with Crippen LogP contribution < -0.4 is 10.2 Å². The van der Waals surface area contributed by atoms with Crippen molar-refractivity contribution in [1.29, 1.82) is 0 Å². The maximum atomic E-state index is 12.4. The molecule has 0 spiro atoms. The first-order valence-corrected chi connectivity index (χ1v) is 6.97. The van der Waals surface area contributed by atoms with Crippen LogP contribution in [0.4, 0.5) is 5.69 Å². The number of ether oxygens (including phenoxy) is 1. The zero-order valence-corrected chi connectivity index (χ0v) is 11.6. The topological polar surface area (TPSA) is 41.6 Å². The fourth-order valence-corrected chi connectivity index (χ4v) is 2.91. The van der Waals surface area contributed by atoms with Crippen molar-refractivity contribution < 1.29 is 9.53 Å². The number of amides is 1. The normalized spacial score (nSPS) is 22.9. The Morgan fingerprint density at radius 2 is 2.39 bits per heavy atom. The summed E-state index contributed by atoms with van der Waals surface area (Å²) in [6, 6.07) is 6.06. The van der Waals surface area contributed by atoms with Crippen LogP contribution in [0, 0.1) is 0 Å². The maximum Gasteiger partial charge on any atom is 0.257 e. The minimum Gasteiger partial charge on any atom is -0.366 e. The van der Waals surface area contributed by atoms with E-state index in [-0.39, 0.29) is 12.0 Å². The van der Waals surface area contributed by atoms with E-state index in [1.165, 1.54) is 5.56 Å². The highest BCUT2D eigenvalue weighted by Crippen LogP contribution is 2.31. The Bertz CT molecular complexity index is 472. The smallest absolute Gasteiger partial charge is 0.257 e. The Labute approximate surface area is 114 Å². The number of anilines is 1. The second-order valence-corrected chi connectivity index (χ2v) is 5.49. The Hall–Kier alpha value is -0.910. The number of hydrogen-bond donors (Lipinski definition) is 1. The summed E-state index contributed by atoms with van der Waals surface area (Å²) in [5.74, 6) is 0.0725. The molecule has 0 aromatic heterocycles. The standard InChI is InChI=1S/C13H15BrN2O2/c14-10-1-2-11-9(7-10)3-5-16(11)13(17)12-8-15-4-6-18-12/h1-2,7,12,15H,3-6,8H2. The molecule has 1 fully saturated rings. The Balaban J connectivity index is 1.80. The molecule has 0 radical (unpaired) electrons. The fourth-order valence-electron chi connectivity index (χ4n) is 2.50. The minimum atomic E-state index is -0.339. The van der Waals surface area contributed by atoms with Crippen molar-refractivity contribution in [2.75, 3.05) is 31.1 Å². The molecule has 4 nitrogen and oxygen atoms in total. The van der Waals surface area contributed by atoms with Crippen LogP contribution in [-0.2, 0) is 16.0 Å². The average molecular weight is 311 g/mol. The maximum absolute atomic E-state index is 12.4. The largest absolute Gasteiger partial charge is 0.366 e. The zero-order valence-electron chi connectivity index (χ0n) is 9.99. The van der Waals surface area contributed by atoms with Gasteiger partial charge < -0.3 is 15.0 Å². The highest BCUT2D eigenvalue weighted by Gasteiger charge is 2.31. The average Bonchev–Trinajstić information content (AvgIpc) is 2.81. The molecule has 1 atom stereocenters. The first-order chi connectivity index (χ1) is 8.75. The molecule has 2 aliphatic heterocycles. The van der Waals surface area contributed by atoms with Crippen LogP contribution >= 0.6 is 15.9 Å². The monoisotopic (exact) mass is 310 g/mol. The predicted molar refractivity (Wildman–Crippen MR) is 72.8 cm³/mol. The molecule has 96 valence electrons. The fraction of sp³-hybridized carbons (Fsp3) is 0.462. The van der Waals surface area contributed by atoms with Gasteiger partial charge in [-0.15, -0.1) is 0 Å². The molecule has 0 aliphatic carbocycles. The number of fused-ring (bicyclic) bond motifs is 1. The summed E-state index contributed by atoms with van der Waals surface area (Å²) in [4.78, 5) is 14.2. The third-order valence-electron chi connectivity index (χ3n) is 3.41. The summed E-state index contributed by atoms with van der Waals surface area (Å²) in [7, 11) is 0. The van der Waals surface area contributed by atoms with Crippen LogP contribution in [0.5, 0.6) is 0 Å². The number of halogens is 1. The SMILES string of the molecule is O=C(C1CNCCO1)N1CCc2cc(Br)ccc21. The van der Waals surface area contributed by atoms with Gasteiger partial charge in [-0.1, -0.05) is 15.9 Å². The van der Waals surface area contributed by atoms with Crippen molar-refractivity contribution in [3.05, 3.63) is 28.2 Å². The molecule has 1 unspecified atom stereocenters. The Kier molecular flexibility index (Phi) is 3.37. The van der Waals surface area contributed by atoms with Crippen molar-refractivity contribution in [2.45, 2.75) is 12.5 Å². The van der Waals surface area contributed by atoms with Crippen molar-refractivity contribution >= 4 is 27.5 Å². The van der Waals surface area contributed by atoms with Gasteiger partial charge in [0.2, 0.25) is 0 Å². The lowest BCUT2D eigenvalue weighted by Crippen LogP contribution is -2.49. The van der Waals surface area contributed by atoms with Gasteiger partial charge in [-0.3, -0.25) is 4.79 Å². The summed E-state index contributed by atoms with van der Waals surface area (Å²) < 4.78 is 6.59.